The second-order valence-electron chi connectivity index (χ2n) is 10.7. The zero-order valence-corrected chi connectivity index (χ0v) is 19.3. The molecular weight excluding hydrogens is 420 g/mol. The van der Waals surface area contributed by atoms with Crippen molar-refractivity contribution < 1.29 is 13.2 Å². The number of carbonyl (C=O) groups excluding carboxylic acids is 1. The molecule has 32 heavy (non-hydrogen) atoms. The van der Waals surface area contributed by atoms with Crippen molar-refractivity contribution >= 4 is 21.6 Å². The highest BCUT2D eigenvalue weighted by molar-refractivity contribution is 7.92. The van der Waals surface area contributed by atoms with Gasteiger partial charge in [-0.3, -0.25) is 9.10 Å². The number of hydrogen-bond acceptors (Lipinski definition) is 3. The summed E-state index contributed by atoms with van der Waals surface area (Å²) in [7, 11) is -3.76. The maximum atomic E-state index is 13.6. The lowest BCUT2D eigenvalue weighted by Gasteiger charge is -2.56. The Morgan fingerprint density at radius 2 is 1.62 bits per heavy atom. The minimum atomic E-state index is -3.76. The van der Waals surface area contributed by atoms with Crippen molar-refractivity contribution in [2.24, 2.45) is 17.8 Å². The molecule has 168 valence electrons. The van der Waals surface area contributed by atoms with Gasteiger partial charge in [-0.1, -0.05) is 24.3 Å². The summed E-state index contributed by atoms with van der Waals surface area (Å²) in [6.45, 7) is 1.93. The third-order valence-electron chi connectivity index (χ3n) is 8.21. The third kappa shape index (κ3) is 3.18. The van der Waals surface area contributed by atoms with Gasteiger partial charge in [0.25, 0.3) is 15.9 Å². The number of hydrogen-bond donors (Lipinski definition) is 1. The van der Waals surface area contributed by atoms with Crippen LogP contribution in [0.2, 0.25) is 0 Å². The van der Waals surface area contributed by atoms with Crippen molar-refractivity contribution in [3.63, 3.8) is 0 Å². The van der Waals surface area contributed by atoms with Crippen molar-refractivity contribution in [2.75, 3.05) is 4.31 Å². The summed E-state index contributed by atoms with van der Waals surface area (Å²) in [4.78, 5) is 13.5. The van der Waals surface area contributed by atoms with Crippen LogP contribution in [-0.2, 0) is 16.4 Å². The van der Waals surface area contributed by atoms with Crippen LogP contribution in [0.3, 0.4) is 0 Å². The largest absolute Gasteiger partial charge is 0.347 e. The first-order chi connectivity index (χ1) is 15.3. The average Bonchev–Trinajstić information content (AvgIpc) is 3.09. The van der Waals surface area contributed by atoms with Crippen LogP contribution >= 0.6 is 0 Å². The number of benzene rings is 2. The maximum Gasteiger partial charge on any atom is 0.264 e. The fourth-order valence-electron chi connectivity index (χ4n) is 7.39. The zero-order valence-electron chi connectivity index (χ0n) is 18.5. The first-order valence-electron chi connectivity index (χ1n) is 11.9. The van der Waals surface area contributed by atoms with E-state index in [1.807, 2.05) is 31.2 Å². The number of fused-ring (bicyclic) bond motifs is 1. The average molecular weight is 451 g/mol. The molecule has 0 spiro atoms. The fraction of sp³-hybridized carbons (Fsp3) is 0.500. The Hall–Kier alpha value is -2.34. The van der Waals surface area contributed by atoms with E-state index < -0.39 is 10.0 Å². The SMILES string of the molecule is CC1Cc2ccccc2N1S(=O)(=O)c1cccc(C(=O)NC23CC4CC(CC(C4)C2)C3)c1. The molecule has 4 bridgehead atoms. The molecule has 1 unspecified atom stereocenters. The van der Waals surface area contributed by atoms with E-state index in [1.54, 1.807) is 24.3 Å². The summed E-state index contributed by atoms with van der Waals surface area (Å²) in [5, 5.41) is 3.37. The molecular formula is C26H30N2O3S. The van der Waals surface area contributed by atoms with Crippen LogP contribution in [0, 0.1) is 17.8 Å². The van der Waals surface area contributed by atoms with E-state index in [9.17, 15) is 13.2 Å². The molecule has 6 heteroatoms. The number of amides is 1. The van der Waals surface area contributed by atoms with Crippen LogP contribution in [0.15, 0.2) is 53.4 Å². The van der Waals surface area contributed by atoms with E-state index in [-0.39, 0.29) is 22.4 Å². The van der Waals surface area contributed by atoms with Gasteiger partial charge in [-0.15, -0.1) is 0 Å². The number of nitrogens with one attached hydrogen (secondary N) is 1. The number of carbonyl (C=O) groups is 1. The zero-order chi connectivity index (χ0) is 22.1. The maximum absolute atomic E-state index is 13.6. The van der Waals surface area contributed by atoms with E-state index in [0.717, 1.165) is 48.3 Å². The van der Waals surface area contributed by atoms with Crippen molar-refractivity contribution in [3.05, 3.63) is 59.7 Å². The Balaban J connectivity index is 1.28. The number of anilines is 1. The summed E-state index contributed by atoms with van der Waals surface area (Å²) < 4.78 is 28.7. The molecule has 5 aliphatic rings. The van der Waals surface area contributed by atoms with E-state index in [2.05, 4.69) is 5.32 Å². The second kappa shape index (κ2) is 7.08. The van der Waals surface area contributed by atoms with Crippen LogP contribution in [0.4, 0.5) is 5.69 Å². The molecule has 7 rings (SSSR count). The van der Waals surface area contributed by atoms with Crippen LogP contribution in [-0.4, -0.2) is 25.9 Å². The molecule has 1 aliphatic heterocycles. The standard InChI is InChI=1S/C26H30N2O3S/c1-17-9-21-5-2-3-8-24(21)28(17)32(30,31)23-7-4-6-22(13-23)25(29)27-26-14-18-10-19(15-26)12-20(11-18)16-26/h2-8,13,17-20H,9-12,14-16H2,1H3,(H,27,29). The summed E-state index contributed by atoms with van der Waals surface area (Å²) in [5.74, 6) is 2.08. The Kier molecular flexibility index (Phi) is 4.49. The molecule has 4 aliphatic carbocycles. The molecule has 5 nitrogen and oxygen atoms in total. The Morgan fingerprint density at radius 1 is 0.969 bits per heavy atom. The van der Waals surface area contributed by atoms with Gasteiger partial charge >= 0.3 is 0 Å². The number of nitrogens with zero attached hydrogens (tertiary/aromatic N) is 1. The van der Waals surface area contributed by atoms with Crippen LogP contribution in [0.5, 0.6) is 0 Å². The normalized spacial score (nSPS) is 32.7. The van der Waals surface area contributed by atoms with E-state index in [0.29, 0.717) is 12.0 Å². The van der Waals surface area contributed by atoms with Crippen molar-refractivity contribution in [1.29, 1.82) is 0 Å². The molecule has 1 atom stereocenters. The third-order valence-corrected chi connectivity index (χ3v) is 10.1. The molecule has 1 heterocycles. The number of para-hydroxylation sites is 1. The lowest BCUT2D eigenvalue weighted by molar-refractivity contribution is -0.0167. The minimum absolute atomic E-state index is 0.0941. The quantitative estimate of drug-likeness (QED) is 0.745. The first kappa shape index (κ1) is 20.3. The smallest absolute Gasteiger partial charge is 0.264 e. The van der Waals surface area contributed by atoms with Gasteiger partial charge in [-0.05, 0) is 99.5 Å². The summed E-state index contributed by atoms with van der Waals surface area (Å²) in [6.07, 6.45) is 7.87. The molecule has 4 saturated carbocycles. The van der Waals surface area contributed by atoms with Gasteiger partial charge in [0.15, 0.2) is 0 Å². The van der Waals surface area contributed by atoms with E-state index >= 15 is 0 Å². The Labute approximate surface area is 190 Å². The topological polar surface area (TPSA) is 66.5 Å². The fourth-order valence-corrected chi connectivity index (χ4v) is 9.13. The predicted octanol–water partition coefficient (Wildman–Crippen LogP) is 4.53. The molecule has 0 radical (unpaired) electrons. The highest BCUT2D eigenvalue weighted by atomic mass is 32.2. The van der Waals surface area contributed by atoms with Gasteiger partial charge in [-0.2, -0.15) is 0 Å². The number of rotatable bonds is 4. The molecule has 2 aromatic rings. The Morgan fingerprint density at radius 3 is 2.31 bits per heavy atom. The van der Waals surface area contributed by atoms with Crippen LogP contribution < -0.4 is 9.62 Å². The van der Waals surface area contributed by atoms with Crippen LogP contribution in [0.1, 0.15) is 61.4 Å². The lowest BCUT2D eigenvalue weighted by atomic mass is 9.53. The minimum Gasteiger partial charge on any atom is -0.347 e. The predicted molar refractivity (Wildman–Crippen MR) is 124 cm³/mol. The van der Waals surface area contributed by atoms with Crippen molar-refractivity contribution in [2.45, 2.75) is 68.3 Å². The van der Waals surface area contributed by atoms with Gasteiger partial charge < -0.3 is 5.32 Å². The molecule has 0 aromatic heterocycles. The Bertz CT molecular complexity index is 1150. The molecule has 0 saturated heterocycles. The monoisotopic (exact) mass is 450 g/mol. The first-order valence-corrected chi connectivity index (χ1v) is 13.3. The van der Waals surface area contributed by atoms with Gasteiger partial charge in [0.05, 0.1) is 10.6 Å². The van der Waals surface area contributed by atoms with Crippen molar-refractivity contribution in [3.8, 4) is 0 Å². The van der Waals surface area contributed by atoms with Gasteiger partial charge in [-0.25, -0.2) is 8.42 Å². The van der Waals surface area contributed by atoms with Crippen LogP contribution in [0.25, 0.3) is 0 Å². The van der Waals surface area contributed by atoms with Crippen molar-refractivity contribution in [1.82, 2.24) is 5.32 Å². The lowest BCUT2D eigenvalue weighted by Crippen LogP contribution is -2.59. The van der Waals surface area contributed by atoms with Gasteiger partial charge in [0.1, 0.15) is 0 Å². The molecule has 1 N–H and O–H groups in total. The molecule has 2 aromatic carbocycles. The molecule has 1 amide bonds. The highest BCUT2D eigenvalue weighted by Crippen LogP contribution is 2.55. The number of sulfonamides is 1. The van der Waals surface area contributed by atoms with E-state index in [4.69, 9.17) is 0 Å². The summed E-state index contributed by atoms with van der Waals surface area (Å²) in [5.41, 5.74) is 2.12. The van der Waals surface area contributed by atoms with Gasteiger partial charge in [0, 0.05) is 17.1 Å². The summed E-state index contributed by atoms with van der Waals surface area (Å²) in [6, 6.07) is 14.1. The van der Waals surface area contributed by atoms with E-state index in [1.165, 1.54) is 23.6 Å². The molecule has 4 fully saturated rings. The highest BCUT2D eigenvalue weighted by Gasteiger charge is 2.51. The second-order valence-corrected chi connectivity index (χ2v) is 12.5. The summed E-state index contributed by atoms with van der Waals surface area (Å²) >= 11 is 0. The van der Waals surface area contributed by atoms with Gasteiger partial charge in [0.2, 0.25) is 0 Å².